The summed E-state index contributed by atoms with van der Waals surface area (Å²) < 4.78 is 13.4. The minimum atomic E-state index is -0.512. The van der Waals surface area contributed by atoms with Crippen LogP contribution in [0.5, 0.6) is 0 Å². The van der Waals surface area contributed by atoms with Gasteiger partial charge in [-0.1, -0.05) is 18.2 Å². The van der Waals surface area contributed by atoms with Gasteiger partial charge in [-0.3, -0.25) is 4.79 Å². The molecule has 4 rings (SSSR count). The number of primary amides is 1. The van der Waals surface area contributed by atoms with Gasteiger partial charge in [0, 0.05) is 24.4 Å². The van der Waals surface area contributed by atoms with Crippen molar-refractivity contribution in [2.24, 2.45) is 5.73 Å². The molecule has 3 aromatic rings. The highest BCUT2D eigenvalue weighted by Gasteiger charge is 2.21. The van der Waals surface area contributed by atoms with Crippen molar-refractivity contribution < 1.29 is 9.18 Å². The molecule has 1 saturated heterocycles. The number of anilines is 1. The summed E-state index contributed by atoms with van der Waals surface area (Å²) in [6.07, 6.45) is 1.22. The summed E-state index contributed by atoms with van der Waals surface area (Å²) in [7, 11) is 0. The van der Waals surface area contributed by atoms with Crippen LogP contribution >= 0.6 is 0 Å². The third-order valence-electron chi connectivity index (χ3n) is 5.39. The monoisotopic (exact) mass is 393 g/mol. The van der Waals surface area contributed by atoms with Gasteiger partial charge in [-0.15, -0.1) is 0 Å². The number of carbonyl (C=O) groups is 1. The minimum Gasteiger partial charge on any atom is -0.369 e. The lowest BCUT2D eigenvalue weighted by atomic mass is 9.97. The molecule has 0 saturated carbocycles. The van der Waals surface area contributed by atoms with Gasteiger partial charge in [-0.2, -0.15) is 0 Å². The zero-order chi connectivity index (χ0) is 20.4. The number of amides is 1. The van der Waals surface area contributed by atoms with E-state index in [1.54, 1.807) is 19.1 Å². The van der Waals surface area contributed by atoms with E-state index in [0.717, 1.165) is 30.6 Å². The third kappa shape index (κ3) is 4.19. The van der Waals surface area contributed by atoms with Crippen molar-refractivity contribution >= 4 is 22.6 Å². The second kappa shape index (κ2) is 8.13. The van der Waals surface area contributed by atoms with E-state index in [1.165, 1.54) is 18.6 Å². The van der Waals surface area contributed by atoms with Gasteiger partial charge in [0.1, 0.15) is 17.5 Å². The van der Waals surface area contributed by atoms with E-state index < -0.39 is 5.91 Å². The fraction of sp³-hybridized carbons (Fsp3) is 0.318. The van der Waals surface area contributed by atoms with Crippen LogP contribution in [-0.2, 0) is 0 Å². The predicted molar refractivity (Wildman–Crippen MR) is 111 cm³/mol. The lowest BCUT2D eigenvalue weighted by molar-refractivity contribution is 0.100. The van der Waals surface area contributed by atoms with Crippen LogP contribution in [0.25, 0.3) is 10.9 Å². The number of halogens is 1. The zero-order valence-corrected chi connectivity index (χ0v) is 16.4. The lowest BCUT2D eigenvalue weighted by Gasteiger charge is -2.34. The Morgan fingerprint density at radius 2 is 1.97 bits per heavy atom. The minimum absolute atomic E-state index is 0.181. The number of hydrogen-bond donors (Lipinski definition) is 2. The summed E-state index contributed by atoms with van der Waals surface area (Å²) in [6, 6.07) is 12.0. The van der Waals surface area contributed by atoms with E-state index in [-0.39, 0.29) is 11.7 Å². The van der Waals surface area contributed by atoms with Crippen molar-refractivity contribution in [2.75, 3.05) is 31.5 Å². The molecule has 2 aromatic carbocycles. The SMILES string of the molecule is Cc1nc(NCC(CN2CCC2)c2ccc(F)cc2)c2cccc(C(N)=O)c2n1. The molecular formula is C22H24FN5O. The first-order valence-electron chi connectivity index (χ1n) is 9.80. The fourth-order valence-electron chi connectivity index (χ4n) is 3.72. The molecule has 1 fully saturated rings. The predicted octanol–water partition coefficient (Wildman–Crippen LogP) is 3.08. The van der Waals surface area contributed by atoms with Gasteiger partial charge in [-0.05, 0) is 56.3 Å². The van der Waals surface area contributed by atoms with Crippen LogP contribution in [0.1, 0.15) is 34.1 Å². The average molecular weight is 393 g/mol. The van der Waals surface area contributed by atoms with Gasteiger partial charge < -0.3 is 16.0 Å². The number of para-hydroxylation sites is 1. The topological polar surface area (TPSA) is 84.1 Å². The van der Waals surface area contributed by atoms with Gasteiger partial charge in [0.15, 0.2) is 0 Å². The number of fused-ring (bicyclic) bond motifs is 1. The molecule has 0 spiro atoms. The molecule has 1 unspecified atom stereocenters. The molecule has 0 aliphatic carbocycles. The molecule has 29 heavy (non-hydrogen) atoms. The van der Waals surface area contributed by atoms with E-state index in [9.17, 15) is 9.18 Å². The van der Waals surface area contributed by atoms with Crippen molar-refractivity contribution in [1.29, 1.82) is 0 Å². The maximum absolute atomic E-state index is 13.4. The Balaban J connectivity index is 1.62. The molecule has 2 heterocycles. The molecule has 0 bridgehead atoms. The zero-order valence-electron chi connectivity index (χ0n) is 16.4. The number of aryl methyl sites for hydroxylation is 1. The summed E-state index contributed by atoms with van der Waals surface area (Å²) in [5.74, 6) is 0.670. The first kappa shape index (κ1) is 19.3. The number of benzene rings is 2. The number of nitrogens with two attached hydrogens (primary N) is 1. The number of nitrogens with one attached hydrogen (secondary N) is 1. The number of aromatic nitrogens is 2. The van der Waals surface area contributed by atoms with Crippen LogP contribution in [0.2, 0.25) is 0 Å². The number of hydrogen-bond acceptors (Lipinski definition) is 5. The van der Waals surface area contributed by atoms with Gasteiger partial charge in [0.2, 0.25) is 0 Å². The normalized spacial score (nSPS) is 15.1. The molecule has 0 radical (unpaired) electrons. The highest BCUT2D eigenvalue weighted by atomic mass is 19.1. The molecule has 1 atom stereocenters. The lowest BCUT2D eigenvalue weighted by Crippen LogP contribution is -2.41. The molecule has 6 nitrogen and oxygen atoms in total. The van der Waals surface area contributed by atoms with Crippen LogP contribution in [-0.4, -0.2) is 47.0 Å². The Hall–Kier alpha value is -3.06. The Bertz CT molecular complexity index is 1030. The van der Waals surface area contributed by atoms with Crippen LogP contribution in [0.3, 0.4) is 0 Å². The van der Waals surface area contributed by atoms with Crippen molar-refractivity contribution in [3.8, 4) is 0 Å². The van der Waals surface area contributed by atoms with Crippen molar-refractivity contribution in [2.45, 2.75) is 19.3 Å². The van der Waals surface area contributed by atoms with Gasteiger partial charge >= 0.3 is 0 Å². The van der Waals surface area contributed by atoms with Crippen LogP contribution in [0, 0.1) is 12.7 Å². The van der Waals surface area contributed by atoms with Gasteiger partial charge in [-0.25, -0.2) is 14.4 Å². The summed E-state index contributed by atoms with van der Waals surface area (Å²) in [5.41, 5.74) is 7.53. The third-order valence-corrected chi connectivity index (χ3v) is 5.39. The van der Waals surface area contributed by atoms with Crippen molar-refractivity contribution in [3.63, 3.8) is 0 Å². The molecule has 1 aromatic heterocycles. The summed E-state index contributed by atoms with van der Waals surface area (Å²) in [4.78, 5) is 23.1. The molecule has 1 aliphatic rings. The van der Waals surface area contributed by atoms with Gasteiger partial charge in [0.05, 0.1) is 11.1 Å². The number of likely N-dealkylation sites (tertiary alicyclic amines) is 1. The second-order valence-corrected chi connectivity index (χ2v) is 7.47. The highest BCUT2D eigenvalue weighted by Crippen LogP contribution is 2.26. The summed E-state index contributed by atoms with van der Waals surface area (Å²) >= 11 is 0. The van der Waals surface area contributed by atoms with E-state index in [2.05, 4.69) is 20.2 Å². The molecule has 150 valence electrons. The Morgan fingerprint density at radius 1 is 1.21 bits per heavy atom. The van der Waals surface area contributed by atoms with E-state index in [0.29, 0.717) is 29.3 Å². The van der Waals surface area contributed by atoms with Crippen LogP contribution in [0.4, 0.5) is 10.2 Å². The van der Waals surface area contributed by atoms with Crippen LogP contribution in [0.15, 0.2) is 42.5 Å². The number of rotatable bonds is 7. The van der Waals surface area contributed by atoms with E-state index >= 15 is 0 Å². The number of carbonyl (C=O) groups excluding carboxylic acids is 1. The average Bonchev–Trinajstić information content (AvgIpc) is 2.66. The quantitative estimate of drug-likeness (QED) is 0.644. The largest absolute Gasteiger partial charge is 0.369 e. The molecule has 3 N–H and O–H groups in total. The molecular weight excluding hydrogens is 369 g/mol. The first-order chi connectivity index (χ1) is 14.0. The molecule has 1 amide bonds. The Kier molecular flexibility index (Phi) is 5.40. The molecule has 7 heteroatoms. The summed E-state index contributed by atoms with van der Waals surface area (Å²) in [6.45, 7) is 5.51. The van der Waals surface area contributed by atoms with Crippen LogP contribution < -0.4 is 11.1 Å². The van der Waals surface area contributed by atoms with E-state index in [4.69, 9.17) is 5.73 Å². The highest BCUT2D eigenvalue weighted by molar-refractivity contribution is 6.07. The van der Waals surface area contributed by atoms with Gasteiger partial charge in [0.25, 0.3) is 5.91 Å². The Labute approximate surface area is 168 Å². The maximum Gasteiger partial charge on any atom is 0.250 e. The second-order valence-electron chi connectivity index (χ2n) is 7.47. The maximum atomic E-state index is 13.4. The van der Waals surface area contributed by atoms with Crippen molar-refractivity contribution in [1.82, 2.24) is 14.9 Å². The smallest absolute Gasteiger partial charge is 0.250 e. The number of nitrogens with zero attached hydrogens (tertiary/aromatic N) is 3. The summed E-state index contributed by atoms with van der Waals surface area (Å²) in [5, 5.41) is 4.20. The molecule has 1 aliphatic heterocycles. The first-order valence-corrected chi connectivity index (χ1v) is 9.80. The fourth-order valence-corrected chi connectivity index (χ4v) is 3.72. The van der Waals surface area contributed by atoms with Crippen molar-refractivity contribution in [3.05, 3.63) is 65.2 Å². The standard InChI is InChI=1S/C22H24FN5O/c1-14-26-20-18(21(24)29)4-2-5-19(20)22(27-14)25-12-16(13-28-10-3-11-28)15-6-8-17(23)9-7-15/h2,4-9,16H,3,10-13H2,1H3,(H2,24,29)(H,25,26,27). The van der Waals surface area contributed by atoms with E-state index in [1.807, 2.05) is 18.2 Å². The Morgan fingerprint density at radius 3 is 2.62 bits per heavy atom.